The van der Waals surface area contributed by atoms with E-state index in [1.54, 1.807) is 17.4 Å². The van der Waals surface area contributed by atoms with E-state index in [9.17, 15) is 9.59 Å². The average molecular weight is 361 g/mol. The summed E-state index contributed by atoms with van der Waals surface area (Å²) < 4.78 is 0. The fraction of sp³-hybridized carbons (Fsp3) is 0.333. The molecule has 1 aliphatic rings. The van der Waals surface area contributed by atoms with E-state index in [1.165, 1.54) is 40.7 Å². The summed E-state index contributed by atoms with van der Waals surface area (Å²) in [5.74, 6) is 0.134. The molecule has 0 unspecified atom stereocenters. The maximum atomic E-state index is 12.2. The van der Waals surface area contributed by atoms with E-state index in [-0.39, 0.29) is 11.8 Å². The molecule has 6 heteroatoms. The fourth-order valence-corrected chi connectivity index (χ4v) is 4.55. The van der Waals surface area contributed by atoms with Crippen LogP contribution >= 0.6 is 22.7 Å². The molecule has 1 aliphatic carbocycles. The number of fused-ring (bicyclic) bond motifs is 1. The Balaban J connectivity index is 1.54. The first-order valence-electron chi connectivity index (χ1n) is 8.09. The Hall–Kier alpha value is -1.92. The van der Waals surface area contributed by atoms with Crippen LogP contribution in [-0.4, -0.2) is 11.8 Å². The molecule has 2 N–H and O–H groups in total. The van der Waals surface area contributed by atoms with Crippen LogP contribution < -0.4 is 10.9 Å². The van der Waals surface area contributed by atoms with Gasteiger partial charge in [0.05, 0.1) is 4.88 Å². The standard InChI is InChI=1S/C18H20N2O2S2/c1-2-12-5-7-15-13(10-12)11-16(24-15)18(22)20-19-17(21)8-6-14-4-3-9-23-14/h3-4,6,8-9,11-12H,2,5,7,10H2,1H3,(H,19,21)(H,20,22)/b8-6+/t12-/m0/s1. The second kappa shape index (κ2) is 7.77. The summed E-state index contributed by atoms with van der Waals surface area (Å²) in [6, 6.07) is 5.82. The van der Waals surface area contributed by atoms with Crippen LogP contribution in [0.3, 0.4) is 0 Å². The smallest absolute Gasteiger partial charge is 0.268 e. The van der Waals surface area contributed by atoms with Crippen molar-refractivity contribution in [2.45, 2.75) is 32.6 Å². The molecule has 0 spiro atoms. The SMILES string of the molecule is CC[C@H]1CCc2sc(C(=O)NNC(=O)/C=C/c3cccs3)cc2C1. The summed E-state index contributed by atoms with van der Waals surface area (Å²) in [6.45, 7) is 2.22. The van der Waals surface area contributed by atoms with Crippen LogP contribution in [0.5, 0.6) is 0 Å². The summed E-state index contributed by atoms with van der Waals surface area (Å²) >= 11 is 3.09. The zero-order chi connectivity index (χ0) is 16.9. The van der Waals surface area contributed by atoms with Gasteiger partial charge in [-0.3, -0.25) is 20.4 Å². The van der Waals surface area contributed by atoms with E-state index < -0.39 is 0 Å². The van der Waals surface area contributed by atoms with Crippen molar-refractivity contribution in [2.24, 2.45) is 5.92 Å². The van der Waals surface area contributed by atoms with Gasteiger partial charge in [0.15, 0.2) is 0 Å². The lowest BCUT2D eigenvalue weighted by Crippen LogP contribution is -2.40. The Labute approximate surface area is 149 Å². The lowest BCUT2D eigenvalue weighted by Gasteiger charge is -2.19. The Bertz CT molecular complexity index is 747. The monoisotopic (exact) mass is 360 g/mol. The highest BCUT2D eigenvalue weighted by molar-refractivity contribution is 7.14. The molecule has 24 heavy (non-hydrogen) atoms. The topological polar surface area (TPSA) is 58.2 Å². The molecule has 0 bridgehead atoms. The summed E-state index contributed by atoms with van der Waals surface area (Å²) in [7, 11) is 0. The van der Waals surface area contributed by atoms with Crippen molar-refractivity contribution in [3.05, 3.63) is 49.9 Å². The van der Waals surface area contributed by atoms with E-state index in [1.807, 2.05) is 23.6 Å². The van der Waals surface area contributed by atoms with Gasteiger partial charge < -0.3 is 0 Å². The van der Waals surface area contributed by atoms with E-state index in [0.717, 1.165) is 23.6 Å². The Morgan fingerprint density at radius 1 is 1.38 bits per heavy atom. The minimum Gasteiger partial charge on any atom is -0.268 e. The van der Waals surface area contributed by atoms with Crippen molar-refractivity contribution in [2.75, 3.05) is 0 Å². The van der Waals surface area contributed by atoms with Gasteiger partial charge in [0.25, 0.3) is 11.8 Å². The van der Waals surface area contributed by atoms with Crippen LogP contribution in [0.4, 0.5) is 0 Å². The number of hydrogen-bond acceptors (Lipinski definition) is 4. The first-order valence-corrected chi connectivity index (χ1v) is 9.78. The lowest BCUT2D eigenvalue weighted by molar-refractivity contribution is -0.117. The number of rotatable bonds is 4. The van der Waals surface area contributed by atoms with Gasteiger partial charge in [-0.25, -0.2) is 0 Å². The maximum absolute atomic E-state index is 12.2. The highest BCUT2D eigenvalue weighted by Crippen LogP contribution is 2.33. The molecule has 0 aromatic carbocycles. The molecule has 2 amide bonds. The molecular formula is C18H20N2O2S2. The third-order valence-electron chi connectivity index (χ3n) is 4.23. The molecule has 0 fully saturated rings. The van der Waals surface area contributed by atoms with Crippen molar-refractivity contribution >= 4 is 40.6 Å². The Morgan fingerprint density at radius 3 is 3.00 bits per heavy atom. The third kappa shape index (κ3) is 4.13. The molecule has 0 saturated carbocycles. The van der Waals surface area contributed by atoms with Crippen LogP contribution in [0, 0.1) is 5.92 Å². The predicted molar refractivity (Wildman–Crippen MR) is 99.1 cm³/mol. The number of hydrazine groups is 1. The first kappa shape index (κ1) is 16.9. The highest BCUT2D eigenvalue weighted by atomic mass is 32.1. The molecule has 0 aliphatic heterocycles. The average Bonchev–Trinajstić information content (AvgIpc) is 3.26. The van der Waals surface area contributed by atoms with Gasteiger partial charge in [-0.15, -0.1) is 22.7 Å². The van der Waals surface area contributed by atoms with Crippen LogP contribution in [0.1, 0.15) is 44.8 Å². The lowest BCUT2D eigenvalue weighted by atomic mass is 9.87. The van der Waals surface area contributed by atoms with E-state index in [4.69, 9.17) is 0 Å². The molecule has 2 heterocycles. The van der Waals surface area contributed by atoms with Gasteiger partial charge in [0.2, 0.25) is 0 Å². The van der Waals surface area contributed by atoms with E-state index >= 15 is 0 Å². The number of carbonyl (C=O) groups excluding carboxylic acids is 2. The van der Waals surface area contributed by atoms with Crippen molar-refractivity contribution in [1.29, 1.82) is 0 Å². The Kier molecular flexibility index (Phi) is 5.48. The molecule has 0 saturated heterocycles. The fourth-order valence-electron chi connectivity index (χ4n) is 2.83. The molecule has 2 aromatic rings. The molecule has 3 rings (SSSR count). The van der Waals surface area contributed by atoms with Gasteiger partial charge in [-0.2, -0.15) is 0 Å². The quantitative estimate of drug-likeness (QED) is 0.644. The van der Waals surface area contributed by atoms with Crippen molar-refractivity contribution in [3.63, 3.8) is 0 Å². The minimum absolute atomic E-state index is 0.250. The summed E-state index contributed by atoms with van der Waals surface area (Å²) in [4.78, 5) is 26.9. The van der Waals surface area contributed by atoms with Crippen molar-refractivity contribution in [1.82, 2.24) is 10.9 Å². The summed E-state index contributed by atoms with van der Waals surface area (Å²) in [5.41, 5.74) is 6.22. The Morgan fingerprint density at radius 2 is 2.25 bits per heavy atom. The molecule has 4 nitrogen and oxygen atoms in total. The van der Waals surface area contributed by atoms with E-state index in [2.05, 4.69) is 17.8 Å². The van der Waals surface area contributed by atoms with Gasteiger partial charge in [-0.05, 0) is 54.3 Å². The van der Waals surface area contributed by atoms with Gasteiger partial charge in [0, 0.05) is 15.8 Å². The number of amides is 2. The first-order chi connectivity index (χ1) is 11.7. The van der Waals surface area contributed by atoms with Gasteiger partial charge in [0.1, 0.15) is 0 Å². The predicted octanol–water partition coefficient (Wildman–Crippen LogP) is 3.80. The molecule has 1 atom stereocenters. The number of hydrogen-bond donors (Lipinski definition) is 2. The highest BCUT2D eigenvalue weighted by Gasteiger charge is 2.22. The molecule has 0 radical (unpaired) electrons. The second-order valence-corrected chi connectivity index (χ2v) is 7.98. The molecule has 126 valence electrons. The third-order valence-corrected chi connectivity index (χ3v) is 6.30. The van der Waals surface area contributed by atoms with Crippen LogP contribution in [0.25, 0.3) is 6.08 Å². The van der Waals surface area contributed by atoms with Crippen LogP contribution in [0.15, 0.2) is 29.7 Å². The number of aryl methyl sites for hydroxylation is 1. The largest absolute Gasteiger partial charge is 0.279 e. The van der Waals surface area contributed by atoms with Crippen LogP contribution in [0.2, 0.25) is 0 Å². The maximum Gasteiger partial charge on any atom is 0.279 e. The molecular weight excluding hydrogens is 340 g/mol. The number of carbonyl (C=O) groups is 2. The van der Waals surface area contributed by atoms with E-state index in [0.29, 0.717) is 4.88 Å². The zero-order valence-electron chi connectivity index (χ0n) is 13.5. The normalized spacial score (nSPS) is 16.8. The van der Waals surface area contributed by atoms with Crippen molar-refractivity contribution < 1.29 is 9.59 Å². The molecule has 2 aromatic heterocycles. The summed E-state index contributed by atoms with van der Waals surface area (Å²) in [5, 5.41) is 1.95. The zero-order valence-corrected chi connectivity index (χ0v) is 15.1. The van der Waals surface area contributed by atoms with Crippen molar-refractivity contribution in [3.8, 4) is 0 Å². The van der Waals surface area contributed by atoms with Gasteiger partial charge in [-0.1, -0.05) is 19.4 Å². The minimum atomic E-state index is -0.343. The number of nitrogens with one attached hydrogen (secondary N) is 2. The number of thiophene rings is 2. The second-order valence-electron chi connectivity index (χ2n) is 5.87. The summed E-state index contributed by atoms with van der Waals surface area (Å²) in [6.07, 6.45) is 7.64. The van der Waals surface area contributed by atoms with Gasteiger partial charge >= 0.3 is 0 Å². The van der Waals surface area contributed by atoms with Crippen LogP contribution in [-0.2, 0) is 17.6 Å².